The zero-order valence-corrected chi connectivity index (χ0v) is 16.4. The Bertz CT molecular complexity index is 1070. The quantitative estimate of drug-likeness (QED) is 0.699. The number of carbonyl (C=O) groups is 1. The Kier molecular flexibility index (Phi) is 5.05. The topological polar surface area (TPSA) is 85.4 Å². The Balaban J connectivity index is 1.82. The molecule has 3 N–H and O–H groups in total. The van der Waals surface area contributed by atoms with E-state index in [0.717, 1.165) is 34.3 Å². The predicted octanol–water partition coefficient (Wildman–Crippen LogP) is 3.34. The molecule has 0 saturated heterocycles. The first-order chi connectivity index (χ1) is 14.1. The highest BCUT2D eigenvalue weighted by Gasteiger charge is 2.25. The van der Waals surface area contributed by atoms with Crippen molar-refractivity contribution in [2.45, 2.75) is 13.5 Å². The van der Waals surface area contributed by atoms with Crippen LogP contribution in [0.3, 0.4) is 0 Å². The number of nitrogens with two attached hydrogens (primary N) is 1. The van der Waals surface area contributed by atoms with Crippen LogP contribution >= 0.6 is 0 Å². The van der Waals surface area contributed by atoms with Crippen molar-refractivity contribution in [1.29, 1.82) is 0 Å². The van der Waals surface area contributed by atoms with Crippen LogP contribution in [0.25, 0.3) is 17.5 Å². The van der Waals surface area contributed by atoms with Gasteiger partial charge in [0.05, 0.1) is 20.2 Å². The summed E-state index contributed by atoms with van der Waals surface area (Å²) in [5.74, 6) is 2.13. The van der Waals surface area contributed by atoms with E-state index in [1.807, 2.05) is 47.2 Å². The van der Waals surface area contributed by atoms with Gasteiger partial charge in [0.2, 0.25) is 5.91 Å². The third-order valence-electron chi connectivity index (χ3n) is 4.86. The summed E-state index contributed by atoms with van der Waals surface area (Å²) < 4.78 is 7.51. The fraction of sp³-hybridized carbons (Fsp3) is 0.182. The number of carbonyl (C=O) groups excluding carboxylic acids is 1. The number of methoxy groups -OCH3 is 1. The van der Waals surface area contributed by atoms with Crippen LogP contribution in [0.4, 0.5) is 11.5 Å². The van der Waals surface area contributed by atoms with Gasteiger partial charge in [-0.25, -0.2) is 4.98 Å². The monoisotopic (exact) mass is 389 g/mol. The smallest absolute Gasteiger partial charge is 0.240 e. The van der Waals surface area contributed by atoms with Crippen molar-refractivity contribution in [2.24, 2.45) is 5.73 Å². The summed E-state index contributed by atoms with van der Waals surface area (Å²) in [6.45, 7) is 2.36. The van der Waals surface area contributed by atoms with Gasteiger partial charge >= 0.3 is 0 Å². The number of aromatic nitrogens is 2. The molecule has 29 heavy (non-hydrogen) atoms. The van der Waals surface area contributed by atoms with E-state index in [-0.39, 0.29) is 12.5 Å². The molecule has 0 saturated carbocycles. The Morgan fingerprint density at radius 1 is 1.17 bits per heavy atom. The largest absolute Gasteiger partial charge is 0.496 e. The van der Waals surface area contributed by atoms with Crippen LogP contribution in [0.15, 0.2) is 54.7 Å². The molecule has 0 bridgehead atoms. The minimum Gasteiger partial charge on any atom is -0.496 e. The number of nitrogens with zero attached hydrogens (tertiary/aromatic N) is 3. The molecule has 7 nitrogen and oxygen atoms in total. The second-order valence-electron chi connectivity index (χ2n) is 6.81. The molecule has 0 fully saturated rings. The zero-order chi connectivity index (χ0) is 20.4. The summed E-state index contributed by atoms with van der Waals surface area (Å²) in [6, 6.07) is 15.9. The summed E-state index contributed by atoms with van der Waals surface area (Å²) >= 11 is 0. The van der Waals surface area contributed by atoms with E-state index in [1.165, 1.54) is 5.56 Å². The van der Waals surface area contributed by atoms with Crippen LogP contribution in [0.5, 0.6) is 5.75 Å². The number of fused-ring (bicyclic) bond motifs is 1. The van der Waals surface area contributed by atoms with Gasteiger partial charge in [0.25, 0.3) is 0 Å². The first-order valence-electron chi connectivity index (χ1n) is 9.36. The molecule has 1 aliphatic rings. The molecule has 7 heteroatoms. The van der Waals surface area contributed by atoms with Crippen molar-refractivity contribution in [3.05, 3.63) is 66.1 Å². The number of para-hydroxylation sites is 1. The Labute approximate surface area is 169 Å². The number of hydrogen-bond acceptors (Lipinski definition) is 5. The van der Waals surface area contributed by atoms with Gasteiger partial charge < -0.3 is 20.7 Å². The molecule has 3 aromatic rings. The van der Waals surface area contributed by atoms with Crippen LogP contribution < -0.4 is 15.8 Å². The van der Waals surface area contributed by atoms with Crippen LogP contribution in [0.2, 0.25) is 0 Å². The number of rotatable bonds is 5. The maximum absolute atomic E-state index is 12.0. The molecule has 2 heterocycles. The van der Waals surface area contributed by atoms with E-state index >= 15 is 0 Å². The Morgan fingerprint density at radius 3 is 2.66 bits per heavy atom. The molecule has 0 unspecified atom stereocenters. The van der Waals surface area contributed by atoms with Crippen molar-refractivity contribution in [2.75, 3.05) is 19.0 Å². The van der Waals surface area contributed by atoms with E-state index < -0.39 is 0 Å². The number of benzene rings is 2. The van der Waals surface area contributed by atoms with Crippen molar-refractivity contribution in [1.82, 2.24) is 14.5 Å². The van der Waals surface area contributed by atoms with E-state index in [1.54, 1.807) is 18.2 Å². The lowest BCUT2D eigenvalue weighted by Crippen LogP contribution is -2.33. The van der Waals surface area contributed by atoms with E-state index in [2.05, 4.69) is 24.4 Å². The van der Waals surface area contributed by atoms with Gasteiger partial charge in [-0.1, -0.05) is 29.8 Å². The molecule has 4 rings (SSSR count). The number of amides is 1. The molecule has 0 radical (unpaired) electrons. The summed E-state index contributed by atoms with van der Waals surface area (Å²) in [6.07, 6.45) is 3.56. The summed E-state index contributed by atoms with van der Waals surface area (Å²) in [4.78, 5) is 18.5. The maximum Gasteiger partial charge on any atom is 0.240 e. The van der Waals surface area contributed by atoms with Crippen LogP contribution in [-0.2, 0) is 11.3 Å². The molecule has 1 aliphatic heterocycles. The lowest BCUT2D eigenvalue weighted by atomic mass is 10.1. The molecule has 148 valence electrons. The van der Waals surface area contributed by atoms with Crippen molar-refractivity contribution in [3.63, 3.8) is 0 Å². The van der Waals surface area contributed by atoms with Gasteiger partial charge in [-0.2, -0.15) is 0 Å². The SMILES string of the molecule is COc1ccccc1-c1nc2n(c1Nc1ccc(C)cc1)C=CN(C(=O)CN)C2. The maximum atomic E-state index is 12.0. The Morgan fingerprint density at radius 2 is 1.93 bits per heavy atom. The zero-order valence-electron chi connectivity index (χ0n) is 16.4. The second-order valence-corrected chi connectivity index (χ2v) is 6.81. The van der Waals surface area contributed by atoms with Gasteiger partial charge in [0.15, 0.2) is 0 Å². The van der Waals surface area contributed by atoms with Gasteiger partial charge in [-0.15, -0.1) is 0 Å². The fourth-order valence-electron chi connectivity index (χ4n) is 3.31. The number of anilines is 2. The number of aryl methyl sites for hydroxylation is 1. The minimum absolute atomic E-state index is 0.0428. The average molecular weight is 389 g/mol. The highest BCUT2D eigenvalue weighted by Crippen LogP contribution is 2.37. The first kappa shape index (κ1) is 18.8. The molecule has 0 atom stereocenters. The van der Waals surface area contributed by atoms with E-state index in [9.17, 15) is 4.79 Å². The average Bonchev–Trinajstić information content (AvgIpc) is 3.12. The van der Waals surface area contributed by atoms with Crippen LogP contribution in [0.1, 0.15) is 11.4 Å². The predicted molar refractivity (Wildman–Crippen MR) is 114 cm³/mol. The molecule has 0 spiro atoms. The highest BCUT2D eigenvalue weighted by atomic mass is 16.5. The summed E-state index contributed by atoms with van der Waals surface area (Å²) in [7, 11) is 1.64. The summed E-state index contributed by atoms with van der Waals surface area (Å²) in [5.41, 5.74) is 9.28. The third kappa shape index (κ3) is 3.60. The fourth-order valence-corrected chi connectivity index (χ4v) is 3.31. The third-order valence-corrected chi connectivity index (χ3v) is 4.86. The van der Waals surface area contributed by atoms with Crippen LogP contribution in [0, 0.1) is 6.92 Å². The number of nitrogens with one attached hydrogen (secondary N) is 1. The van der Waals surface area contributed by atoms with Gasteiger partial charge in [-0.3, -0.25) is 9.36 Å². The van der Waals surface area contributed by atoms with E-state index in [4.69, 9.17) is 15.5 Å². The lowest BCUT2D eigenvalue weighted by Gasteiger charge is -2.22. The normalized spacial score (nSPS) is 12.6. The van der Waals surface area contributed by atoms with Crippen LogP contribution in [-0.4, -0.2) is 34.0 Å². The lowest BCUT2D eigenvalue weighted by molar-refractivity contribution is -0.127. The molecular formula is C22H23N5O2. The number of hydrogen-bond donors (Lipinski definition) is 2. The number of ether oxygens (including phenoxy) is 1. The second kappa shape index (κ2) is 7.81. The van der Waals surface area contributed by atoms with Gasteiger partial charge in [-0.05, 0) is 31.2 Å². The molecule has 1 aromatic heterocycles. The molecule has 1 amide bonds. The number of imidazole rings is 1. The van der Waals surface area contributed by atoms with Crippen molar-refractivity contribution >= 4 is 23.6 Å². The summed E-state index contributed by atoms with van der Waals surface area (Å²) in [5, 5.41) is 3.48. The first-order valence-corrected chi connectivity index (χ1v) is 9.36. The van der Waals surface area contributed by atoms with Gasteiger partial charge in [0.1, 0.15) is 23.1 Å². The molecular weight excluding hydrogens is 366 g/mol. The van der Waals surface area contributed by atoms with Crippen molar-refractivity contribution < 1.29 is 9.53 Å². The molecule has 2 aromatic carbocycles. The standard InChI is InChI=1S/C22H23N5O2/c1-15-7-9-16(10-8-15)24-22-21(17-5-3-4-6-18(17)29-2)25-19-14-26(20(28)13-23)11-12-27(19)22/h3-12,24H,13-14,23H2,1-2H3. The van der Waals surface area contributed by atoms with E-state index in [0.29, 0.717) is 6.54 Å². The van der Waals surface area contributed by atoms with Crippen molar-refractivity contribution in [3.8, 4) is 17.0 Å². The molecule has 0 aliphatic carbocycles. The Hall–Kier alpha value is -3.58. The minimum atomic E-state index is -0.151. The van der Waals surface area contributed by atoms with Gasteiger partial charge in [0, 0.05) is 23.7 Å². The highest BCUT2D eigenvalue weighted by molar-refractivity contribution is 5.83.